The molecule has 1 aromatic carbocycles. The summed E-state index contributed by atoms with van der Waals surface area (Å²) in [7, 11) is 0. The summed E-state index contributed by atoms with van der Waals surface area (Å²) in [6.45, 7) is 0.988. The fourth-order valence-corrected chi connectivity index (χ4v) is 3.21. The van der Waals surface area contributed by atoms with Gasteiger partial charge in [-0.2, -0.15) is 0 Å². The Bertz CT molecular complexity index is 616. The minimum Gasteiger partial charge on any atom is -0.436 e. The van der Waals surface area contributed by atoms with Crippen LogP contribution in [0.25, 0.3) is 0 Å². The zero-order chi connectivity index (χ0) is 13.2. The predicted octanol–water partition coefficient (Wildman–Crippen LogP) is 4.76. The van der Waals surface area contributed by atoms with Crippen molar-refractivity contribution in [1.82, 2.24) is 4.98 Å². The molecule has 0 radical (unpaired) electrons. The summed E-state index contributed by atoms with van der Waals surface area (Å²) in [5.41, 5.74) is 2.39. The summed E-state index contributed by atoms with van der Waals surface area (Å²) in [5, 5.41) is 3.40. The monoisotopic (exact) mass is 382 g/mol. The molecule has 0 saturated heterocycles. The first-order chi connectivity index (χ1) is 9.24. The van der Waals surface area contributed by atoms with Crippen molar-refractivity contribution >= 4 is 37.5 Å². The largest absolute Gasteiger partial charge is 0.436 e. The molecule has 0 atom stereocenters. The van der Waals surface area contributed by atoms with Crippen LogP contribution in [0.2, 0.25) is 0 Å². The fraction of sp³-hybridized carbons (Fsp3) is 0.214. The molecule has 1 aliphatic heterocycles. The van der Waals surface area contributed by atoms with E-state index in [1.165, 1.54) is 5.56 Å². The highest BCUT2D eigenvalue weighted by atomic mass is 79.9. The number of fused-ring (bicyclic) bond motifs is 1. The van der Waals surface area contributed by atoms with Crippen LogP contribution in [0.1, 0.15) is 12.0 Å². The Morgan fingerprint density at radius 1 is 1.26 bits per heavy atom. The van der Waals surface area contributed by atoms with E-state index in [9.17, 15) is 0 Å². The summed E-state index contributed by atoms with van der Waals surface area (Å²) in [5.74, 6) is 1.40. The van der Waals surface area contributed by atoms with Crippen molar-refractivity contribution in [3.05, 3.63) is 45.0 Å². The van der Waals surface area contributed by atoms with Gasteiger partial charge in [0.25, 0.3) is 0 Å². The number of benzene rings is 1. The van der Waals surface area contributed by atoms with Gasteiger partial charge in [-0.05, 0) is 62.4 Å². The number of nitrogens with one attached hydrogen (secondary N) is 1. The number of nitrogens with zero attached hydrogens (tertiary/aromatic N) is 1. The highest BCUT2D eigenvalue weighted by Gasteiger charge is 2.15. The van der Waals surface area contributed by atoms with Crippen molar-refractivity contribution in [2.45, 2.75) is 12.8 Å². The second-order valence-corrected chi connectivity index (χ2v) is 6.13. The number of pyridine rings is 1. The molecule has 0 fully saturated rings. The Kier molecular flexibility index (Phi) is 3.75. The third-order valence-electron chi connectivity index (χ3n) is 3.02. The van der Waals surface area contributed by atoms with Crippen LogP contribution in [0.15, 0.2) is 39.4 Å². The molecule has 0 unspecified atom stereocenters. The molecule has 1 N–H and O–H groups in total. The molecule has 3 rings (SSSR count). The topological polar surface area (TPSA) is 34.1 Å². The number of hydrogen-bond donors (Lipinski definition) is 1. The Labute approximate surface area is 128 Å². The molecule has 5 heteroatoms. The van der Waals surface area contributed by atoms with E-state index in [1.807, 2.05) is 18.2 Å². The van der Waals surface area contributed by atoms with E-state index in [0.29, 0.717) is 5.88 Å². The molecule has 3 nitrogen and oxygen atoms in total. The summed E-state index contributed by atoms with van der Waals surface area (Å²) >= 11 is 6.84. The molecular formula is C14H12Br2N2O. The number of halogens is 2. The van der Waals surface area contributed by atoms with Gasteiger partial charge in [-0.3, -0.25) is 0 Å². The lowest BCUT2D eigenvalue weighted by Gasteiger charge is -2.20. The van der Waals surface area contributed by atoms with Crippen molar-refractivity contribution < 1.29 is 4.74 Å². The Balaban J connectivity index is 1.95. The molecule has 19 heavy (non-hydrogen) atoms. The average Bonchev–Trinajstić information content (AvgIpc) is 2.42. The van der Waals surface area contributed by atoms with Gasteiger partial charge in [0.1, 0.15) is 0 Å². The lowest BCUT2D eigenvalue weighted by Crippen LogP contribution is -2.12. The van der Waals surface area contributed by atoms with E-state index in [4.69, 9.17) is 4.74 Å². The van der Waals surface area contributed by atoms with Gasteiger partial charge in [0, 0.05) is 17.2 Å². The summed E-state index contributed by atoms with van der Waals surface area (Å²) in [6, 6.07) is 8.05. The molecule has 0 bridgehead atoms. The van der Waals surface area contributed by atoms with Crippen LogP contribution < -0.4 is 10.1 Å². The second kappa shape index (κ2) is 5.51. The first kappa shape index (κ1) is 12.9. The zero-order valence-corrected chi connectivity index (χ0v) is 13.3. The van der Waals surface area contributed by atoms with Gasteiger partial charge in [0.15, 0.2) is 5.75 Å². The Morgan fingerprint density at radius 2 is 2.16 bits per heavy atom. The summed E-state index contributed by atoms with van der Waals surface area (Å²) in [6.07, 6.45) is 3.98. The smallest absolute Gasteiger partial charge is 0.233 e. The van der Waals surface area contributed by atoms with Crippen molar-refractivity contribution in [3.63, 3.8) is 0 Å². The number of hydrogen-bond acceptors (Lipinski definition) is 3. The van der Waals surface area contributed by atoms with Crippen molar-refractivity contribution in [3.8, 4) is 11.6 Å². The predicted molar refractivity (Wildman–Crippen MR) is 83.0 cm³/mol. The van der Waals surface area contributed by atoms with Crippen LogP contribution in [0.4, 0.5) is 5.69 Å². The summed E-state index contributed by atoms with van der Waals surface area (Å²) in [4.78, 5) is 4.28. The Hall–Kier alpha value is -1.07. The van der Waals surface area contributed by atoms with Crippen LogP contribution in [0, 0.1) is 0 Å². The fourth-order valence-electron chi connectivity index (χ4n) is 2.14. The van der Waals surface area contributed by atoms with Gasteiger partial charge in [-0.25, -0.2) is 4.98 Å². The number of rotatable bonds is 2. The number of aryl methyl sites for hydroxylation is 1. The Morgan fingerprint density at radius 3 is 3.00 bits per heavy atom. The maximum absolute atomic E-state index is 5.92. The van der Waals surface area contributed by atoms with E-state index in [2.05, 4.69) is 48.2 Å². The van der Waals surface area contributed by atoms with Crippen LogP contribution in [0.5, 0.6) is 11.6 Å². The van der Waals surface area contributed by atoms with Crippen LogP contribution in [-0.4, -0.2) is 11.5 Å². The van der Waals surface area contributed by atoms with Gasteiger partial charge in [0.05, 0.1) is 10.2 Å². The molecule has 1 aliphatic rings. The van der Waals surface area contributed by atoms with Gasteiger partial charge in [-0.15, -0.1) is 0 Å². The lowest BCUT2D eigenvalue weighted by molar-refractivity contribution is 0.459. The molecule has 2 aromatic rings. The minimum absolute atomic E-state index is 0.573. The van der Waals surface area contributed by atoms with Gasteiger partial charge in [-0.1, -0.05) is 12.1 Å². The number of aromatic nitrogens is 1. The molecule has 0 aliphatic carbocycles. The molecule has 2 heterocycles. The van der Waals surface area contributed by atoms with E-state index in [-0.39, 0.29) is 0 Å². The van der Waals surface area contributed by atoms with Gasteiger partial charge >= 0.3 is 0 Å². The number of anilines is 1. The van der Waals surface area contributed by atoms with Crippen molar-refractivity contribution in [2.24, 2.45) is 0 Å². The zero-order valence-electron chi connectivity index (χ0n) is 10.1. The third kappa shape index (κ3) is 2.77. The maximum Gasteiger partial charge on any atom is 0.233 e. The highest BCUT2D eigenvalue weighted by molar-refractivity contribution is 9.11. The van der Waals surface area contributed by atoms with E-state index >= 15 is 0 Å². The van der Waals surface area contributed by atoms with E-state index in [0.717, 1.165) is 39.8 Å². The quantitative estimate of drug-likeness (QED) is 0.811. The van der Waals surface area contributed by atoms with Crippen molar-refractivity contribution in [2.75, 3.05) is 11.9 Å². The van der Waals surface area contributed by atoms with E-state index in [1.54, 1.807) is 6.20 Å². The summed E-state index contributed by atoms with van der Waals surface area (Å²) < 4.78 is 7.67. The molecular weight excluding hydrogens is 372 g/mol. The van der Waals surface area contributed by atoms with E-state index < -0.39 is 0 Å². The molecule has 0 amide bonds. The molecule has 0 spiro atoms. The van der Waals surface area contributed by atoms with Crippen molar-refractivity contribution in [1.29, 1.82) is 0 Å². The molecule has 1 aromatic heterocycles. The van der Waals surface area contributed by atoms with Crippen LogP contribution >= 0.6 is 31.9 Å². The first-order valence-electron chi connectivity index (χ1n) is 6.09. The SMILES string of the molecule is Brc1cnc(Oc2cccc3c2NCCC3)c(Br)c1. The third-order valence-corrected chi connectivity index (χ3v) is 4.02. The van der Waals surface area contributed by atoms with Crippen LogP contribution in [-0.2, 0) is 6.42 Å². The van der Waals surface area contributed by atoms with Gasteiger partial charge in [0.2, 0.25) is 5.88 Å². The number of ether oxygens (including phenoxy) is 1. The second-order valence-electron chi connectivity index (χ2n) is 4.36. The standard InChI is InChI=1S/C14H12Br2N2O/c15-10-7-11(16)14(18-8-10)19-12-5-1-3-9-4-2-6-17-13(9)12/h1,3,5,7-8,17H,2,4,6H2. The molecule has 0 saturated carbocycles. The lowest BCUT2D eigenvalue weighted by atomic mass is 10.0. The van der Waals surface area contributed by atoms with Gasteiger partial charge < -0.3 is 10.1 Å². The first-order valence-corrected chi connectivity index (χ1v) is 7.67. The maximum atomic E-state index is 5.92. The minimum atomic E-state index is 0.573. The normalized spacial score (nSPS) is 13.6. The average molecular weight is 384 g/mol. The van der Waals surface area contributed by atoms with Crippen LogP contribution in [0.3, 0.4) is 0 Å². The highest BCUT2D eigenvalue weighted by Crippen LogP contribution is 2.37. The number of para-hydroxylation sites is 1. The molecule has 98 valence electrons.